The molecule has 0 N–H and O–H groups in total. The normalized spacial score (nSPS) is 26.0. The van der Waals surface area contributed by atoms with Crippen LogP contribution in [0.25, 0.3) is 11.3 Å². The lowest BCUT2D eigenvalue weighted by molar-refractivity contribution is 0.0946. The molecule has 0 amide bonds. The molecule has 2 aliphatic rings. The first-order valence-electron chi connectivity index (χ1n) is 7.64. The zero-order valence-corrected chi connectivity index (χ0v) is 13.1. The second kappa shape index (κ2) is 5.39. The van der Waals surface area contributed by atoms with Crippen molar-refractivity contribution in [2.45, 2.75) is 31.3 Å². The van der Waals surface area contributed by atoms with E-state index in [0.29, 0.717) is 12.1 Å². The molecule has 4 rings (SSSR count). The fourth-order valence-electron chi connectivity index (χ4n) is 3.56. The van der Waals surface area contributed by atoms with E-state index in [1.54, 1.807) is 11.3 Å². The van der Waals surface area contributed by atoms with Crippen molar-refractivity contribution in [2.24, 2.45) is 0 Å². The number of hydrogen-bond donors (Lipinski definition) is 0. The third-order valence-corrected chi connectivity index (χ3v) is 5.56. The number of anilines is 1. The van der Waals surface area contributed by atoms with Crippen LogP contribution in [-0.4, -0.2) is 47.3 Å². The third kappa shape index (κ3) is 2.45. The number of aromatic nitrogens is 2. The predicted octanol–water partition coefficient (Wildman–Crippen LogP) is 2.88. The Balaban J connectivity index is 1.54. The number of piperazine rings is 1. The maximum absolute atomic E-state index is 4.47. The van der Waals surface area contributed by atoms with Gasteiger partial charge in [-0.05, 0) is 43.5 Å². The average molecular weight is 300 g/mol. The Morgan fingerprint density at radius 1 is 1.10 bits per heavy atom. The molecule has 2 aromatic heterocycles. The van der Waals surface area contributed by atoms with Crippen LogP contribution in [-0.2, 0) is 0 Å². The molecular formula is C16H20N4S. The molecule has 2 saturated heterocycles. The second-order valence-corrected chi connectivity index (χ2v) is 6.88. The fourth-order valence-corrected chi connectivity index (χ4v) is 4.21. The van der Waals surface area contributed by atoms with Gasteiger partial charge in [0.25, 0.3) is 0 Å². The highest BCUT2D eigenvalue weighted by Gasteiger charge is 2.35. The van der Waals surface area contributed by atoms with Gasteiger partial charge in [-0.3, -0.25) is 4.90 Å². The average Bonchev–Trinajstić information content (AvgIpc) is 3.01. The molecule has 2 fully saturated rings. The number of rotatable bonds is 2. The van der Waals surface area contributed by atoms with Gasteiger partial charge in [-0.1, -0.05) is 6.42 Å². The molecule has 0 spiro atoms. The molecule has 0 aliphatic carbocycles. The van der Waals surface area contributed by atoms with Gasteiger partial charge in [0.05, 0.1) is 5.69 Å². The number of fused-ring (bicyclic) bond motifs is 2. The molecule has 0 aromatic carbocycles. The van der Waals surface area contributed by atoms with Gasteiger partial charge in [-0.15, -0.1) is 10.2 Å². The maximum atomic E-state index is 4.47. The summed E-state index contributed by atoms with van der Waals surface area (Å²) in [6.07, 6.45) is 3.99. The number of thiophene rings is 1. The van der Waals surface area contributed by atoms with Crippen molar-refractivity contribution in [3.63, 3.8) is 0 Å². The molecule has 0 saturated carbocycles. The minimum atomic E-state index is 0.677. The number of likely N-dealkylation sites (N-methyl/N-ethyl adjacent to an activating group) is 1. The highest BCUT2D eigenvalue weighted by atomic mass is 32.1. The van der Waals surface area contributed by atoms with Gasteiger partial charge in [0.1, 0.15) is 0 Å². The Morgan fingerprint density at radius 2 is 1.90 bits per heavy atom. The van der Waals surface area contributed by atoms with Crippen LogP contribution in [0.4, 0.5) is 5.82 Å². The van der Waals surface area contributed by atoms with Gasteiger partial charge in [0, 0.05) is 36.1 Å². The lowest BCUT2D eigenvalue weighted by Crippen LogP contribution is -2.59. The van der Waals surface area contributed by atoms with Crippen LogP contribution in [0, 0.1) is 0 Å². The molecule has 2 aromatic rings. The third-order valence-electron chi connectivity index (χ3n) is 4.88. The summed E-state index contributed by atoms with van der Waals surface area (Å²) in [6, 6.07) is 7.67. The van der Waals surface area contributed by atoms with E-state index in [-0.39, 0.29) is 0 Å². The molecule has 21 heavy (non-hydrogen) atoms. The van der Waals surface area contributed by atoms with Crippen molar-refractivity contribution in [3.05, 3.63) is 29.0 Å². The van der Waals surface area contributed by atoms with Gasteiger partial charge in [0.15, 0.2) is 5.82 Å². The van der Waals surface area contributed by atoms with E-state index in [0.717, 1.165) is 30.2 Å². The summed E-state index contributed by atoms with van der Waals surface area (Å²) in [5.41, 5.74) is 2.13. The van der Waals surface area contributed by atoms with E-state index >= 15 is 0 Å². The Hall–Kier alpha value is -1.46. The quantitative estimate of drug-likeness (QED) is 0.853. The van der Waals surface area contributed by atoms with Crippen molar-refractivity contribution in [3.8, 4) is 11.3 Å². The van der Waals surface area contributed by atoms with Crippen molar-refractivity contribution >= 4 is 17.2 Å². The van der Waals surface area contributed by atoms with Crippen LogP contribution in [0.5, 0.6) is 0 Å². The summed E-state index contributed by atoms with van der Waals surface area (Å²) in [7, 11) is 2.27. The van der Waals surface area contributed by atoms with Crippen molar-refractivity contribution in [1.29, 1.82) is 0 Å². The zero-order valence-electron chi connectivity index (χ0n) is 12.3. The number of nitrogens with zero attached hydrogens (tertiary/aromatic N) is 4. The first kappa shape index (κ1) is 13.2. The molecule has 110 valence electrons. The second-order valence-electron chi connectivity index (χ2n) is 6.10. The predicted molar refractivity (Wildman–Crippen MR) is 86.7 cm³/mol. The number of piperidine rings is 1. The fraction of sp³-hybridized carbons (Fsp3) is 0.500. The van der Waals surface area contributed by atoms with Crippen LogP contribution in [0.3, 0.4) is 0 Å². The van der Waals surface area contributed by atoms with Crippen molar-refractivity contribution < 1.29 is 0 Å². The lowest BCUT2D eigenvalue weighted by atomic mass is 9.92. The first-order chi connectivity index (χ1) is 10.3. The van der Waals surface area contributed by atoms with Crippen LogP contribution < -0.4 is 4.90 Å². The van der Waals surface area contributed by atoms with Crippen LogP contribution in [0.1, 0.15) is 19.3 Å². The Kier molecular flexibility index (Phi) is 3.39. The first-order valence-corrected chi connectivity index (χ1v) is 8.59. The summed E-state index contributed by atoms with van der Waals surface area (Å²) in [6.45, 7) is 2.17. The van der Waals surface area contributed by atoms with Crippen LogP contribution in [0.15, 0.2) is 29.0 Å². The summed E-state index contributed by atoms with van der Waals surface area (Å²) in [5, 5.41) is 13.1. The largest absolute Gasteiger partial charge is 0.352 e. The minimum absolute atomic E-state index is 0.677. The molecule has 2 unspecified atom stereocenters. The number of hydrogen-bond acceptors (Lipinski definition) is 5. The smallest absolute Gasteiger partial charge is 0.151 e. The molecule has 5 heteroatoms. The Bertz CT molecular complexity index is 581. The molecule has 4 nitrogen and oxygen atoms in total. The van der Waals surface area contributed by atoms with Crippen molar-refractivity contribution in [2.75, 3.05) is 25.0 Å². The van der Waals surface area contributed by atoms with Gasteiger partial charge in [-0.2, -0.15) is 11.3 Å². The molecule has 2 bridgehead atoms. The summed E-state index contributed by atoms with van der Waals surface area (Å²) < 4.78 is 0. The van der Waals surface area contributed by atoms with Gasteiger partial charge < -0.3 is 4.90 Å². The molecule has 2 aliphatic heterocycles. The highest BCUT2D eigenvalue weighted by Crippen LogP contribution is 2.29. The van der Waals surface area contributed by atoms with E-state index in [9.17, 15) is 0 Å². The summed E-state index contributed by atoms with van der Waals surface area (Å²) in [5.74, 6) is 1.03. The Morgan fingerprint density at radius 3 is 2.52 bits per heavy atom. The molecule has 4 heterocycles. The van der Waals surface area contributed by atoms with E-state index in [2.05, 4.69) is 56.0 Å². The molecule has 0 radical (unpaired) electrons. The van der Waals surface area contributed by atoms with Gasteiger partial charge in [-0.25, -0.2) is 0 Å². The lowest BCUT2D eigenvalue weighted by Gasteiger charge is -2.48. The van der Waals surface area contributed by atoms with E-state index in [1.807, 2.05) is 0 Å². The van der Waals surface area contributed by atoms with Gasteiger partial charge in [0.2, 0.25) is 0 Å². The molecule has 2 atom stereocenters. The SMILES string of the molecule is CN1C2CCCC1CN(c1ccc(-c3ccsc3)nn1)C2. The van der Waals surface area contributed by atoms with E-state index in [4.69, 9.17) is 0 Å². The van der Waals surface area contributed by atoms with Crippen LogP contribution >= 0.6 is 11.3 Å². The topological polar surface area (TPSA) is 32.3 Å². The Labute approximate surface area is 129 Å². The van der Waals surface area contributed by atoms with E-state index in [1.165, 1.54) is 19.3 Å². The monoisotopic (exact) mass is 300 g/mol. The van der Waals surface area contributed by atoms with E-state index < -0.39 is 0 Å². The van der Waals surface area contributed by atoms with Gasteiger partial charge >= 0.3 is 0 Å². The maximum Gasteiger partial charge on any atom is 0.151 e. The minimum Gasteiger partial charge on any atom is -0.352 e. The highest BCUT2D eigenvalue weighted by molar-refractivity contribution is 7.08. The summed E-state index contributed by atoms with van der Waals surface area (Å²) >= 11 is 1.69. The standard InChI is InChI=1S/C16H20N4S/c1-19-13-3-2-4-14(19)10-20(9-13)16-6-5-15(17-18-16)12-7-8-21-11-12/h5-8,11,13-14H,2-4,9-10H2,1H3. The van der Waals surface area contributed by atoms with Crippen molar-refractivity contribution in [1.82, 2.24) is 15.1 Å². The summed E-state index contributed by atoms with van der Waals surface area (Å²) in [4.78, 5) is 4.98. The zero-order chi connectivity index (χ0) is 14.2. The van der Waals surface area contributed by atoms with Crippen LogP contribution in [0.2, 0.25) is 0 Å². The molecular weight excluding hydrogens is 280 g/mol.